The summed E-state index contributed by atoms with van der Waals surface area (Å²) in [7, 11) is 0. The average molecular weight is 260 g/mol. The molecule has 17 heavy (non-hydrogen) atoms. The number of benzene rings is 1. The van der Waals surface area contributed by atoms with Crippen LogP contribution in [0.1, 0.15) is 6.92 Å². The molecule has 0 aliphatic carbocycles. The number of oxime groups is 1. The van der Waals surface area contributed by atoms with Crippen molar-refractivity contribution in [3.05, 3.63) is 29.0 Å². The van der Waals surface area contributed by atoms with Gasteiger partial charge in [0.1, 0.15) is 5.82 Å². The van der Waals surface area contributed by atoms with E-state index in [1.54, 1.807) is 0 Å². The fourth-order valence-corrected chi connectivity index (χ4v) is 1.16. The molecule has 0 bridgehead atoms. The molecule has 1 rings (SSSR count). The van der Waals surface area contributed by atoms with Crippen molar-refractivity contribution in [1.82, 2.24) is 0 Å². The maximum absolute atomic E-state index is 13.1. The smallest absolute Gasteiger partial charge is 0.234 e. The van der Waals surface area contributed by atoms with Crippen LogP contribution < -0.4 is 11.1 Å². The van der Waals surface area contributed by atoms with Crippen LogP contribution in [0.4, 0.5) is 10.1 Å². The molecule has 0 heterocycles. The molecule has 1 unspecified atom stereocenters. The third kappa shape index (κ3) is 3.32. The Bertz CT molecular complexity index is 465. The summed E-state index contributed by atoms with van der Waals surface area (Å²) in [5.41, 5.74) is 5.51. The van der Waals surface area contributed by atoms with Gasteiger partial charge in [-0.15, -0.1) is 0 Å². The third-order valence-corrected chi connectivity index (χ3v) is 2.45. The Morgan fingerprint density at radius 3 is 2.82 bits per heavy atom. The first-order valence-corrected chi connectivity index (χ1v) is 5.07. The second-order valence-corrected chi connectivity index (χ2v) is 3.77. The first-order chi connectivity index (χ1) is 7.95. The largest absolute Gasteiger partial charge is 0.409 e. The SMILES string of the molecule is CC(C(=O)Nc1ccc(Cl)c(F)c1)C(N)=NO. The molecule has 0 spiro atoms. The Balaban J connectivity index is 2.78. The topological polar surface area (TPSA) is 87.7 Å². The number of hydrogen-bond acceptors (Lipinski definition) is 3. The molecule has 0 radical (unpaired) electrons. The van der Waals surface area contributed by atoms with Crippen LogP contribution in [0.15, 0.2) is 23.4 Å². The van der Waals surface area contributed by atoms with E-state index in [9.17, 15) is 9.18 Å². The van der Waals surface area contributed by atoms with Crippen molar-refractivity contribution in [2.24, 2.45) is 16.8 Å². The van der Waals surface area contributed by atoms with Gasteiger partial charge in [0, 0.05) is 5.69 Å². The summed E-state index contributed by atoms with van der Waals surface area (Å²) in [5, 5.41) is 13.5. The van der Waals surface area contributed by atoms with E-state index in [-0.39, 0.29) is 16.5 Å². The lowest BCUT2D eigenvalue weighted by molar-refractivity contribution is -0.117. The molecule has 0 aliphatic rings. The molecule has 92 valence electrons. The molecule has 0 saturated carbocycles. The minimum atomic E-state index is -0.821. The summed E-state index contributed by atoms with van der Waals surface area (Å²) in [6.45, 7) is 1.46. The van der Waals surface area contributed by atoms with Crippen molar-refractivity contribution < 1.29 is 14.4 Å². The van der Waals surface area contributed by atoms with Crippen molar-refractivity contribution in [1.29, 1.82) is 0 Å². The summed E-state index contributed by atoms with van der Waals surface area (Å²) in [5.74, 6) is -2.20. The number of rotatable bonds is 3. The van der Waals surface area contributed by atoms with Gasteiger partial charge in [0.15, 0.2) is 5.84 Å². The van der Waals surface area contributed by atoms with E-state index in [4.69, 9.17) is 22.5 Å². The van der Waals surface area contributed by atoms with Gasteiger partial charge in [0.2, 0.25) is 5.91 Å². The lowest BCUT2D eigenvalue weighted by atomic mass is 10.1. The van der Waals surface area contributed by atoms with E-state index in [2.05, 4.69) is 10.5 Å². The van der Waals surface area contributed by atoms with Crippen LogP contribution in [0.25, 0.3) is 0 Å². The molecule has 0 saturated heterocycles. The van der Waals surface area contributed by atoms with Crippen molar-refractivity contribution in [2.45, 2.75) is 6.92 Å². The number of nitrogens with one attached hydrogen (secondary N) is 1. The summed E-state index contributed by atoms with van der Waals surface area (Å²) in [6.07, 6.45) is 0. The molecule has 1 aromatic rings. The predicted molar refractivity (Wildman–Crippen MR) is 62.6 cm³/mol. The van der Waals surface area contributed by atoms with Crippen molar-refractivity contribution in [3.63, 3.8) is 0 Å². The highest BCUT2D eigenvalue weighted by atomic mass is 35.5. The molecule has 7 heteroatoms. The van der Waals surface area contributed by atoms with Crippen LogP contribution in [-0.2, 0) is 4.79 Å². The van der Waals surface area contributed by atoms with E-state index in [0.717, 1.165) is 6.07 Å². The van der Waals surface area contributed by atoms with Gasteiger partial charge in [-0.05, 0) is 25.1 Å². The number of nitrogens with zero attached hydrogens (tertiary/aromatic N) is 1. The van der Waals surface area contributed by atoms with E-state index >= 15 is 0 Å². The van der Waals surface area contributed by atoms with E-state index in [0.29, 0.717) is 0 Å². The Labute approximate surface area is 102 Å². The summed E-state index contributed by atoms with van der Waals surface area (Å²) < 4.78 is 13.1. The van der Waals surface area contributed by atoms with Crippen LogP contribution in [0.2, 0.25) is 5.02 Å². The number of carbonyl (C=O) groups excluding carboxylic acids is 1. The molecule has 1 aromatic carbocycles. The van der Waals surface area contributed by atoms with Crippen LogP contribution in [0.3, 0.4) is 0 Å². The van der Waals surface area contributed by atoms with Crippen LogP contribution in [-0.4, -0.2) is 17.0 Å². The number of carbonyl (C=O) groups is 1. The van der Waals surface area contributed by atoms with Gasteiger partial charge in [0.05, 0.1) is 10.9 Å². The number of hydrogen-bond donors (Lipinski definition) is 3. The van der Waals surface area contributed by atoms with Crippen molar-refractivity contribution >= 4 is 29.0 Å². The lowest BCUT2D eigenvalue weighted by Crippen LogP contribution is -2.32. The highest BCUT2D eigenvalue weighted by Gasteiger charge is 2.17. The van der Waals surface area contributed by atoms with Gasteiger partial charge in [-0.25, -0.2) is 4.39 Å². The number of anilines is 1. The Kier molecular flexibility index (Phi) is 4.28. The second-order valence-electron chi connectivity index (χ2n) is 3.36. The zero-order valence-electron chi connectivity index (χ0n) is 8.95. The highest BCUT2D eigenvalue weighted by Crippen LogP contribution is 2.19. The highest BCUT2D eigenvalue weighted by molar-refractivity contribution is 6.30. The van der Waals surface area contributed by atoms with Gasteiger partial charge in [-0.1, -0.05) is 16.8 Å². The first-order valence-electron chi connectivity index (χ1n) is 4.69. The predicted octanol–water partition coefficient (Wildman–Crippen LogP) is 1.80. The Morgan fingerprint density at radius 2 is 2.29 bits per heavy atom. The Morgan fingerprint density at radius 1 is 1.65 bits per heavy atom. The molecule has 0 aliphatic heterocycles. The van der Waals surface area contributed by atoms with Gasteiger partial charge >= 0.3 is 0 Å². The monoisotopic (exact) mass is 259 g/mol. The summed E-state index contributed by atoms with van der Waals surface area (Å²) in [6, 6.07) is 3.85. The number of halogens is 2. The van der Waals surface area contributed by atoms with E-state index < -0.39 is 17.6 Å². The van der Waals surface area contributed by atoms with E-state index in [1.165, 1.54) is 19.1 Å². The number of amidine groups is 1. The molecular formula is C10H11ClFN3O2. The van der Waals surface area contributed by atoms with Gasteiger partial charge in [-0.2, -0.15) is 0 Å². The zero-order valence-corrected chi connectivity index (χ0v) is 9.70. The van der Waals surface area contributed by atoms with Gasteiger partial charge in [0.25, 0.3) is 0 Å². The van der Waals surface area contributed by atoms with E-state index in [1.807, 2.05) is 0 Å². The van der Waals surface area contributed by atoms with Gasteiger partial charge < -0.3 is 16.3 Å². The second kappa shape index (κ2) is 5.49. The summed E-state index contributed by atoms with van der Waals surface area (Å²) in [4.78, 5) is 11.6. The fraction of sp³-hybridized carbons (Fsp3) is 0.200. The molecule has 5 nitrogen and oxygen atoms in total. The Hall–Kier alpha value is -1.82. The van der Waals surface area contributed by atoms with Crippen molar-refractivity contribution in [3.8, 4) is 0 Å². The maximum Gasteiger partial charge on any atom is 0.234 e. The van der Waals surface area contributed by atoms with Crippen LogP contribution in [0, 0.1) is 11.7 Å². The van der Waals surface area contributed by atoms with Crippen LogP contribution >= 0.6 is 11.6 Å². The molecule has 1 atom stereocenters. The first kappa shape index (κ1) is 13.2. The normalized spacial score (nSPS) is 13.2. The van der Waals surface area contributed by atoms with Crippen LogP contribution in [0.5, 0.6) is 0 Å². The molecule has 0 aromatic heterocycles. The minimum absolute atomic E-state index is 0.0347. The lowest BCUT2D eigenvalue weighted by Gasteiger charge is -2.10. The maximum atomic E-state index is 13.1. The average Bonchev–Trinajstić information content (AvgIpc) is 2.31. The molecule has 4 N–H and O–H groups in total. The molecular weight excluding hydrogens is 249 g/mol. The van der Waals surface area contributed by atoms with Gasteiger partial charge in [-0.3, -0.25) is 4.79 Å². The van der Waals surface area contributed by atoms with Crippen molar-refractivity contribution in [2.75, 3.05) is 5.32 Å². The standard InChI is InChI=1S/C10H11ClFN3O2/c1-5(9(13)15-17)10(16)14-6-2-3-7(11)8(12)4-6/h2-5,17H,1H3,(H2,13,15)(H,14,16). The number of nitrogens with two attached hydrogens (primary N) is 1. The number of amides is 1. The third-order valence-electron chi connectivity index (χ3n) is 2.14. The summed E-state index contributed by atoms with van der Waals surface area (Å²) >= 11 is 5.49. The molecule has 1 amide bonds. The minimum Gasteiger partial charge on any atom is -0.409 e. The quantitative estimate of drug-likeness (QED) is 0.335. The fourth-order valence-electron chi connectivity index (χ4n) is 1.05. The zero-order chi connectivity index (χ0) is 13.0. The molecule has 0 fully saturated rings.